The number of hydrogen-bond donors (Lipinski definition) is 2. The number of amides is 1. The van der Waals surface area contributed by atoms with E-state index in [0.717, 1.165) is 16.9 Å². The molecule has 1 aromatic heterocycles. The van der Waals surface area contributed by atoms with Gasteiger partial charge in [0.25, 0.3) is 5.69 Å². The predicted molar refractivity (Wildman–Crippen MR) is 116 cm³/mol. The lowest BCUT2D eigenvalue weighted by Crippen LogP contribution is -2.32. The molecule has 0 aliphatic carbocycles. The van der Waals surface area contributed by atoms with Crippen LogP contribution in [0.4, 0.5) is 11.4 Å². The average Bonchev–Trinajstić information content (AvgIpc) is 3.24. The Kier molecular flexibility index (Phi) is 6.74. The number of carbonyl (C=O) groups is 1. The number of anilines is 1. The molecule has 29 heavy (non-hydrogen) atoms. The number of nitro benzene ring substituents is 1. The number of aryl methyl sites for hydroxylation is 2. The van der Waals surface area contributed by atoms with Gasteiger partial charge in [-0.3, -0.25) is 20.2 Å². The van der Waals surface area contributed by atoms with Crippen LogP contribution in [0, 0.1) is 17.0 Å². The van der Waals surface area contributed by atoms with Crippen LogP contribution in [-0.2, 0) is 11.2 Å². The molecular weight excluding hydrogens is 386 g/mol. The van der Waals surface area contributed by atoms with Crippen molar-refractivity contribution >= 4 is 28.6 Å². The minimum absolute atomic E-state index is 0.0313. The molecule has 0 aliphatic rings. The summed E-state index contributed by atoms with van der Waals surface area (Å²) in [6.45, 7) is 3.88. The fourth-order valence-corrected chi connectivity index (χ4v) is 3.96. The Labute approximate surface area is 173 Å². The van der Waals surface area contributed by atoms with Crippen LogP contribution in [-0.4, -0.2) is 17.4 Å². The Hall–Kier alpha value is -3.03. The van der Waals surface area contributed by atoms with Crippen molar-refractivity contribution in [3.63, 3.8) is 0 Å². The van der Waals surface area contributed by atoms with E-state index < -0.39 is 4.92 Å². The van der Waals surface area contributed by atoms with Gasteiger partial charge in [0.2, 0.25) is 5.91 Å². The van der Waals surface area contributed by atoms with Crippen molar-refractivity contribution in [3.8, 4) is 0 Å². The molecule has 7 heteroatoms. The van der Waals surface area contributed by atoms with Gasteiger partial charge >= 0.3 is 0 Å². The number of nitrogens with zero attached hydrogens (tertiary/aromatic N) is 1. The molecule has 0 bridgehead atoms. The van der Waals surface area contributed by atoms with Gasteiger partial charge in [-0.25, -0.2) is 0 Å². The van der Waals surface area contributed by atoms with Crippen molar-refractivity contribution < 1.29 is 9.72 Å². The zero-order chi connectivity index (χ0) is 20.8. The zero-order valence-corrected chi connectivity index (χ0v) is 17.2. The van der Waals surface area contributed by atoms with Crippen LogP contribution < -0.4 is 10.6 Å². The summed E-state index contributed by atoms with van der Waals surface area (Å²) in [4.78, 5) is 24.4. The smallest absolute Gasteiger partial charge is 0.293 e. The van der Waals surface area contributed by atoms with Crippen LogP contribution in [0.1, 0.15) is 34.5 Å². The highest BCUT2D eigenvalue weighted by molar-refractivity contribution is 7.10. The lowest BCUT2D eigenvalue weighted by molar-refractivity contribution is -0.384. The molecule has 2 N–H and O–H groups in total. The van der Waals surface area contributed by atoms with E-state index in [2.05, 4.69) is 41.8 Å². The normalized spacial score (nSPS) is 11.8. The second-order valence-electron chi connectivity index (χ2n) is 6.70. The molecule has 3 aromatic rings. The summed E-state index contributed by atoms with van der Waals surface area (Å²) in [5.41, 5.74) is 3.10. The molecule has 150 valence electrons. The molecule has 6 nitrogen and oxygen atoms in total. The summed E-state index contributed by atoms with van der Waals surface area (Å²) in [5.74, 6) is -0.325. The van der Waals surface area contributed by atoms with Crippen LogP contribution in [0.3, 0.4) is 0 Å². The lowest BCUT2D eigenvalue weighted by atomic mass is 10.0. The molecular formula is C22H23N3O3S. The van der Waals surface area contributed by atoms with Crippen molar-refractivity contribution in [2.24, 2.45) is 0 Å². The van der Waals surface area contributed by atoms with E-state index in [9.17, 15) is 14.9 Å². The molecule has 0 fully saturated rings. The maximum Gasteiger partial charge on any atom is 0.293 e. The van der Waals surface area contributed by atoms with Gasteiger partial charge < -0.3 is 5.32 Å². The van der Waals surface area contributed by atoms with Gasteiger partial charge in [0.1, 0.15) is 5.69 Å². The highest BCUT2D eigenvalue weighted by Crippen LogP contribution is 2.28. The molecule has 2 aromatic carbocycles. The molecule has 0 spiro atoms. The van der Waals surface area contributed by atoms with E-state index in [1.54, 1.807) is 30.4 Å². The Bertz CT molecular complexity index is 985. The summed E-state index contributed by atoms with van der Waals surface area (Å²) < 4.78 is 0. The van der Waals surface area contributed by atoms with E-state index >= 15 is 0 Å². The molecule has 0 unspecified atom stereocenters. The molecule has 0 saturated carbocycles. The van der Waals surface area contributed by atoms with Crippen molar-refractivity contribution in [3.05, 3.63) is 91.7 Å². The van der Waals surface area contributed by atoms with Crippen LogP contribution >= 0.6 is 11.3 Å². The third-order valence-corrected chi connectivity index (χ3v) is 5.66. The molecule has 3 rings (SSSR count). The molecule has 0 aliphatic heterocycles. The van der Waals surface area contributed by atoms with Crippen molar-refractivity contribution in [2.45, 2.75) is 26.3 Å². The second kappa shape index (κ2) is 9.45. The van der Waals surface area contributed by atoms with E-state index in [0.29, 0.717) is 5.56 Å². The molecule has 1 atom stereocenters. The number of nitrogens with one attached hydrogen (secondary N) is 2. The summed E-state index contributed by atoms with van der Waals surface area (Å²) >= 11 is 1.62. The first-order valence-electron chi connectivity index (χ1n) is 9.39. The third-order valence-electron chi connectivity index (χ3n) is 4.73. The second-order valence-corrected chi connectivity index (χ2v) is 7.68. The van der Waals surface area contributed by atoms with E-state index in [1.807, 2.05) is 17.5 Å². The van der Waals surface area contributed by atoms with E-state index in [1.165, 1.54) is 11.6 Å². The maximum atomic E-state index is 12.6. The number of benzene rings is 2. The lowest BCUT2D eigenvalue weighted by Gasteiger charge is -2.18. The van der Waals surface area contributed by atoms with Gasteiger partial charge in [-0.15, -0.1) is 11.3 Å². The zero-order valence-electron chi connectivity index (χ0n) is 16.3. The van der Waals surface area contributed by atoms with Gasteiger partial charge in [-0.05, 0) is 41.5 Å². The van der Waals surface area contributed by atoms with Crippen molar-refractivity contribution in [1.29, 1.82) is 0 Å². The first kappa shape index (κ1) is 20.7. The summed E-state index contributed by atoms with van der Waals surface area (Å²) in [6, 6.07) is 16.9. The predicted octanol–water partition coefficient (Wildman–Crippen LogP) is 4.84. The van der Waals surface area contributed by atoms with Gasteiger partial charge in [0, 0.05) is 10.9 Å². The van der Waals surface area contributed by atoms with E-state index in [4.69, 9.17) is 0 Å². The first-order chi connectivity index (χ1) is 14.0. The van der Waals surface area contributed by atoms with Gasteiger partial charge in [0.15, 0.2) is 0 Å². The van der Waals surface area contributed by atoms with Crippen LogP contribution in [0.25, 0.3) is 0 Å². The summed E-state index contributed by atoms with van der Waals surface area (Å²) in [6.07, 6.45) is 0.967. The number of thiophene rings is 1. The Morgan fingerprint density at radius 1 is 1.14 bits per heavy atom. The largest absolute Gasteiger partial charge is 0.319 e. The molecule has 1 amide bonds. The van der Waals surface area contributed by atoms with Crippen molar-refractivity contribution in [1.82, 2.24) is 5.32 Å². The van der Waals surface area contributed by atoms with Gasteiger partial charge in [-0.2, -0.15) is 0 Å². The minimum Gasteiger partial charge on any atom is -0.319 e. The average molecular weight is 410 g/mol. The summed E-state index contributed by atoms with van der Waals surface area (Å²) in [7, 11) is 0. The standard InChI is InChI=1S/C22H23N3O3S/c1-3-16-9-11-17(12-10-16)22(19-8-5-13-29-19)23-14-20(26)24-21-15(2)6-4-7-18(21)25(27)28/h4-13,22-23H,3,14H2,1-2H3,(H,24,26)/t22-/m1/s1. The van der Waals surface area contributed by atoms with Crippen LogP contribution in [0.15, 0.2) is 60.0 Å². The Morgan fingerprint density at radius 3 is 2.52 bits per heavy atom. The number of rotatable bonds is 8. The molecule has 0 radical (unpaired) electrons. The number of nitro groups is 1. The Morgan fingerprint density at radius 2 is 1.90 bits per heavy atom. The Balaban J connectivity index is 1.75. The third kappa shape index (κ3) is 5.07. The molecule has 1 heterocycles. The summed E-state index contributed by atoms with van der Waals surface area (Å²) in [5, 5.41) is 19.2. The monoisotopic (exact) mass is 409 g/mol. The van der Waals surface area contributed by atoms with Crippen LogP contribution in [0.5, 0.6) is 0 Å². The van der Waals surface area contributed by atoms with Gasteiger partial charge in [0.05, 0.1) is 17.5 Å². The highest BCUT2D eigenvalue weighted by Gasteiger charge is 2.20. The first-order valence-corrected chi connectivity index (χ1v) is 10.3. The maximum absolute atomic E-state index is 12.6. The molecule has 0 saturated heterocycles. The SMILES string of the molecule is CCc1ccc([C@@H](NCC(=O)Nc2c(C)cccc2[N+](=O)[O-])c2cccs2)cc1. The van der Waals surface area contributed by atoms with Crippen molar-refractivity contribution in [2.75, 3.05) is 11.9 Å². The number of para-hydroxylation sites is 1. The number of carbonyl (C=O) groups excluding carboxylic acids is 1. The number of hydrogen-bond acceptors (Lipinski definition) is 5. The highest BCUT2D eigenvalue weighted by atomic mass is 32.1. The van der Waals surface area contributed by atoms with Crippen LogP contribution in [0.2, 0.25) is 0 Å². The van der Waals surface area contributed by atoms with E-state index in [-0.39, 0.29) is 29.9 Å². The topological polar surface area (TPSA) is 84.3 Å². The fourth-order valence-electron chi connectivity index (χ4n) is 3.13. The quantitative estimate of drug-likeness (QED) is 0.412. The van der Waals surface area contributed by atoms with Gasteiger partial charge in [-0.1, -0.05) is 49.4 Å². The minimum atomic E-state index is -0.486. The fraction of sp³-hybridized carbons (Fsp3) is 0.227.